The normalized spacial score (nSPS) is 12.0. The van der Waals surface area contributed by atoms with Gasteiger partial charge in [0.05, 0.1) is 44.1 Å². The van der Waals surface area contributed by atoms with Crippen molar-refractivity contribution < 1.29 is 0 Å². The summed E-state index contributed by atoms with van der Waals surface area (Å²) in [4.78, 5) is 0. The van der Waals surface area contributed by atoms with Gasteiger partial charge in [-0.1, -0.05) is 170 Å². The molecule has 0 spiro atoms. The summed E-state index contributed by atoms with van der Waals surface area (Å²) in [6.07, 6.45) is 0. The fraction of sp³-hybridized carbons (Fsp3) is 0. The zero-order valence-electron chi connectivity index (χ0n) is 38.0. The molecule has 0 aliphatic rings. The van der Waals surface area contributed by atoms with Gasteiger partial charge in [-0.2, -0.15) is 0 Å². The van der Waals surface area contributed by atoms with Crippen LogP contribution in [0.15, 0.2) is 255 Å². The summed E-state index contributed by atoms with van der Waals surface area (Å²) >= 11 is 0. The SMILES string of the molecule is c1ccc(-n2c3ccccc3c3c(-c4ccc(-n5c6ccccc6c6ccccc65)cc4)c(-c4ccc(-n5c6ccccc6c6ccccc65)cc4)c4c5ccccc5n(-c5ccccc5)c4c32)cc1. The van der Waals surface area contributed by atoms with Crippen LogP contribution < -0.4 is 0 Å². The van der Waals surface area contributed by atoms with E-state index >= 15 is 0 Å². The highest BCUT2D eigenvalue weighted by atomic mass is 15.0. The average Bonchev–Trinajstić information content (AvgIpc) is 4.17. The van der Waals surface area contributed by atoms with Crippen LogP contribution in [0.3, 0.4) is 0 Å². The van der Waals surface area contributed by atoms with Gasteiger partial charge >= 0.3 is 0 Å². The van der Waals surface area contributed by atoms with Crippen LogP contribution >= 0.6 is 0 Å². The Balaban J connectivity index is 1.10. The average molecular weight is 891 g/mol. The quantitative estimate of drug-likeness (QED) is 0.158. The van der Waals surface area contributed by atoms with Gasteiger partial charge in [-0.25, -0.2) is 0 Å². The molecule has 0 saturated heterocycles. The van der Waals surface area contributed by atoms with Crippen molar-refractivity contribution in [3.05, 3.63) is 255 Å². The van der Waals surface area contributed by atoms with E-state index in [1.165, 1.54) is 87.3 Å². The largest absolute Gasteiger partial charge is 0.309 e. The zero-order chi connectivity index (χ0) is 45.9. The number of aromatic nitrogens is 4. The lowest BCUT2D eigenvalue weighted by Crippen LogP contribution is -2.00. The minimum absolute atomic E-state index is 1.12. The lowest BCUT2D eigenvalue weighted by Gasteiger charge is -2.19. The van der Waals surface area contributed by atoms with Crippen molar-refractivity contribution >= 4 is 87.2 Å². The number of fused-ring (bicyclic) bond motifs is 13. The van der Waals surface area contributed by atoms with E-state index in [2.05, 4.69) is 273 Å². The van der Waals surface area contributed by atoms with Crippen molar-refractivity contribution in [2.45, 2.75) is 0 Å². The maximum atomic E-state index is 2.51. The minimum Gasteiger partial charge on any atom is -0.309 e. The van der Waals surface area contributed by atoms with E-state index in [0.29, 0.717) is 0 Å². The Hall–Kier alpha value is -9.38. The second-order valence-electron chi connectivity index (χ2n) is 18.4. The first-order valence-electron chi connectivity index (χ1n) is 24.1. The van der Waals surface area contributed by atoms with E-state index in [4.69, 9.17) is 0 Å². The highest BCUT2D eigenvalue weighted by molar-refractivity contribution is 6.33. The third-order valence-electron chi connectivity index (χ3n) is 14.7. The summed E-state index contributed by atoms with van der Waals surface area (Å²) in [5, 5.41) is 9.87. The zero-order valence-corrected chi connectivity index (χ0v) is 38.0. The number of para-hydroxylation sites is 8. The van der Waals surface area contributed by atoms with Crippen molar-refractivity contribution in [1.82, 2.24) is 18.3 Å². The van der Waals surface area contributed by atoms with Crippen molar-refractivity contribution in [2.75, 3.05) is 0 Å². The molecule has 11 aromatic carbocycles. The molecule has 0 atom stereocenters. The van der Waals surface area contributed by atoms with Crippen LogP contribution in [-0.4, -0.2) is 18.3 Å². The van der Waals surface area contributed by atoms with Crippen LogP contribution in [0.2, 0.25) is 0 Å². The van der Waals surface area contributed by atoms with E-state index in [1.54, 1.807) is 0 Å². The van der Waals surface area contributed by atoms with Crippen LogP contribution in [0, 0.1) is 0 Å². The van der Waals surface area contributed by atoms with Gasteiger partial charge in [-0.15, -0.1) is 0 Å². The fourth-order valence-electron chi connectivity index (χ4n) is 11.9. The number of benzene rings is 11. The second-order valence-corrected chi connectivity index (χ2v) is 18.4. The van der Waals surface area contributed by atoms with Crippen LogP contribution in [0.25, 0.3) is 132 Å². The molecule has 0 radical (unpaired) electrons. The molecular weight excluding hydrogens is 849 g/mol. The van der Waals surface area contributed by atoms with Gasteiger partial charge in [0.1, 0.15) is 0 Å². The van der Waals surface area contributed by atoms with Crippen molar-refractivity contribution in [2.24, 2.45) is 0 Å². The minimum atomic E-state index is 1.12. The van der Waals surface area contributed by atoms with E-state index in [1.807, 2.05) is 0 Å². The molecule has 0 aliphatic carbocycles. The van der Waals surface area contributed by atoms with Crippen LogP contribution in [0.5, 0.6) is 0 Å². The predicted octanol–water partition coefficient (Wildman–Crippen LogP) is 17.4. The molecule has 4 heterocycles. The Morgan fingerprint density at radius 2 is 0.429 bits per heavy atom. The molecule has 0 N–H and O–H groups in total. The summed E-state index contributed by atoms with van der Waals surface area (Å²) in [5.41, 5.74) is 18.7. The Labute approximate surface area is 403 Å². The molecule has 4 aromatic heterocycles. The number of hydrogen-bond donors (Lipinski definition) is 0. The molecule has 0 fully saturated rings. The Bertz CT molecular complexity index is 4150. The van der Waals surface area contributed by atoms with Gasteiger partial charge in [-0.05, 0) is 96.1 Å². The van der Waals surface area contributed by atoms with Gasteiger partial charge in [0.25, 0.3) is 0 Å². The summed E-state index contributed by atoms with van der Waals surface area (Å²) < 4.78 is 9.85. The van der Waals surface area contributed by atoms with Gasteiger partial charge in [0.15, 0.2) is 0 Å². The summed E-state index contributed by atoms with van der Waals surface area (Å²) in [6, 6.07) is 93.6. The van der Waals surface area contributed by atoms with E-state index in [-0.39, 0.29) is 0 Å². The first kappa shape index (κ1) is 38.7. The first-order chi connectivity index (χ1) is 34.8. The Morgan fingerprint density at radius 3 is 0.743 bits per heavy atom. The van der Waals surface area contributed by atoms with Crippen molar-refractivity contribution in [3.63, 3.8) is 0 Å². The standard InChI is InChI=1S/C66H42N4/c1-3-19-45(20-4-1)69-59-33-17-11-27-53(59)63-61(43-35-39-47(40-36-43)67-55-29-13-7-23-49(55)50-24-8-14-30-56(50)67)62(64-54-28-12-18-34-60(54)70(66(64)65(63)69)46-21-5-2-6-22-46)44-37-41-48(42-38-44)68-57-31-15-9-25-51(57)52-26-10-16-32-58(52)68/h1-42H. The molecule has 0 saturated carbocycles. The van der Waals surface area contributed by atoms with Crippen LogP contribution in [-0.2, 0) is 0 Å². The number of nitrogens with zero attached hydrogens (tertiary/aromatic N) is 4. The highest BCUT2D eigenvalue weighted by Gasteiger charge is 2.29. The topological polar surface area (TPSA) is 19.7 Å². The summed E-state index contributed by atoms with van der Waals surface area (Å²) in [5.74, 6) is 0. The van der Waals surface area contributed by atoms with Gasteiger partial charge in [-0.3, -0.25) is 0 Å². The molecule has 15 rings (SSSR count). The third-order valence-corrected chi connectivity index (χ3v) is 14.7. The van der Waals surface area contributed by atoms with Crippen LogP contribution in [0.4, 0.5) is 0 Å². The Morgan fingerprint density at radius 1 is 0.186 bits per heavy atom. The molecule has 0 amide bonds. The monoisotopic (exact) mass is 890 g/mol. The predicted molar refractivity (Wildman–Crippen MR) is 295 cm³/mol. The lowest BCUT2D eigenvalue weighted by atomic mass is 9.87. The maximum absolute atomic E-state index is 2.51. The molecule has 70 heavy (non-hydrogen) atoms. The Kier molecular flexibility index (Phi) is 8.33. The molecule has 15 aromatic rings. The molecule has 4 heteroatoms. The van der Waals surface area contributed by atoms with E-state index in [0.717, 1.165) is 44.9 Å². The summed E-state index contributed by atoms with van der Waals surface area (Å²) in [6.45, 7) is 0. The fourth-order valence-corrected chi connectivity index (χ4v) is 11.9. The molecule has 0 aliphatic heterocycles. The van der Waals surface area contributed by atoms with Gasteiger partial charge in [0, 0.05) is 77.0 Å². The van der Waals surface area contributed by atoms with Crippen molar-refractivity contribution in [1.29, 1.82) is 0 Å². The van der Waals surface area contributed by atoms with Gasteiger partial charge < -0.3 is 18.3 Å². The number of rotatable bonds is 6. The van der Waals surface area contributed by atoms with Crippen molar-refractivity contribution in [3.8, 4) is 45.0 Å². The first-order valence-corrected chi connectivity index (χ1v) is 24.1. The molecule has 4 nitrogen and oxygen atoms in total. The van der Waals surface area contributed by atoms with Crippen LogP contribution in [0.1, 0.15) is 0 Å². The second kappa shape index (κ2) is 15.1. The third kappa shape index (κ3) is 5.47. The lowest BCUT2D eigenvalue weighted by molar-refractivity contribution is 1.15. The highest BCUT2D eigenvalue weighted by Crippen LogP contribution is 2.52. The van der Waals surface area contributed by atoms with E-state index < -0.39 is 0 Å². The molecule has 0 bridgehead atoms. The summed E-state index contributed by atoms with van der Waals surface area (Å²) in [7, 11) is 0. The van der Waals surface area contributed by atoms with Gasteiger partial charge in [0.2, 0.25) is 0 Å². The number of hydrogen-bond acceptors (Lipinski definition) is 0. The smallest absolute Gasteiger partial charge is 0.0795 e. The maximum Gasteiger partial charge on any atom is 0.0795 e. The molecule has 326 valence electrons. The molecule has 0 unspecified atom stereocenters. The molecular formula is C66H42N4. The van der Waals surface area contributed by atoms with E-state index in [9.17, 15) is 0 Å².